The molecule has 1 aromatic heterocycles. The Kier molecular flexibility index (Phi) is 3.68. The van der Waals surface area contributed by atoms with Crippen LogP contribution in [0.5, 0.6) is 0 Å². The summed E-state index contributed by atoms with van der Waals surface area (Å²) in [7, 11) is 0. The Labute approximate surface area is 84.6 Å². The van der Waals surface area contributed by atoms with Crippen LogP contribution in [0.1, 0.15) is 13.8 Å². The second-order valence-corrected chi connectivity index (χ2v) is 5.00. The molecule has 0 amide bonds. The number of carboxylic acids is 1. The predicted molar refractivity (Wildman–Crippen MR) is 52.0 cm³/mol. The van der Waals surface area contributed by atoms with Gasteiger partial charge in [0.2, 0.25) is 0 Å². The minimum Gasteiger partial charge on any atom is -0.480 e. The van der Waals surface area contributed by atoms with Crippen molar-refractivity contribution in [2.24, 2.45) is 5.92 Å². The van der Waals surface area contributed by atoms with E-state index in [1.807, 2.05) is 13.8 Å². The summed E-state index contributed by atoms with van der Waals surface area (Å²) in [6, 6.07) is 0. The van der Waals surface area contributed by atoms with Crippen LogP contribution < -0.4 is 0 Å². The Hall–Kier alpha value is -0.620. The van der Waals surface area contributed by atoms with Crippen LogP contribution in [0.3, 0.4) is 0 Å². The van der Waals surface area contributed by atoms with Crippen LogP contribution in [0.4, 0.5) is 0 Å². The second-order valence-electron chi connectivity index (χ2n) is 2.83. The molecule has 0 saturated carbocycles. The first kappa shape index (κ1) is 10.5. The molecule has 0 radical (unpaired) electrons. The molecule has 4 nitrogen and oxygen atoms in total. The SMILES string of the molecule is CC(C)C(Sc1ncns1)C(=O)O. The number of carboxylic acid groups (broad SMARTS) is 1. The molecule has 1 N–H and O–H groups in total. The number of nitrogens with zero attached hydrogens (tertiary/aromatic N) is 2. The summed E-state index contributed by atoms with van der Waals surface area (Å²) in [5, 5.41) is 8.44. The van der Waals surface area contributed by atoms with Crippen molar-refractivity contribution < 1.29 is 9.90 Å². The van der Waals surface area contributed by atoms with E-state index in [-0.39, 0.29) is 5.92 Å². The lowest BCUT2D eigenvalue weighted by atomic mass is 10.1. The van der Waals surface area contributed by atoms with Crippen molar-refractivity contribution in [3.8, 4) is 0 Å². The molecule has 0 spiro atoms. The van der Waals surface area contributed by atoms with Gasteiger partial charge in [0.25, 0.3) is 0 Å². The van der Waals surface area contributed by atoms with E-state index in [0.717, 1.165) is 0 Å². The molecule has 1 rings (SSSR count). The van der Waals surface area contributed by atoms with Crippen molar-refractivity contribution in [3.63, 3.8) is 0 Å². The number of aliphatic carboxylic acids is 1. The number of thioether (sulfide) groups is 1. The van der Waals surface area contributed by atoms with Gasteiger partial charge in [0, 0.05) is 0 Å². The highest BCUT2D eigenvalue weighted by Crippen LogP contribution is 2.28. The van der Waals surface area contributed by atoms with Crippen LogP contribution in [0.25, 0.3) is 0 Å². The smallest absolute Gasteiger partial charge is 0.317 e. The molecule has 0 saturated heterocycles. The van der Waals surface area contributed by atoms with Crippen LogP contribution >= 0.6 is 23.3 Å². The third-order valence-corrected chi connectivity index (χ3v) is 3.70. The van der Waals surface area contributed by atoms with Crippen molar-refractivity contribution in [2.45, 2.75) is 23.4 Å². The van der Waals surface area contributed by atoms with Crippen molar-refractivity contribution >= 4 is 29.3 Å². The first-order valence-corrected chi connectivity index (χ1v) is 5.42. The molecule has 1 aromatic rings. The van der Waals surface area contributed by atoms with Crippen LogP contribution in [0.15, 0.2) is 10.7 Å². The van der Waals surface area contributed by atoms with Crippen molar-refractivity contribution in [1.29, 1.82) is 0 Å². The topological polar surface area (TPSA) is 63.1 Å². The fraction of sp³-hybridized carbons (Fsp3) is 0.571. The van der Waals surface area contributed by atoms with E-state index in [1.165, 1.54) is 29.6 Å². The minimum atomic E-state index is -0.796. The van der Waals surface area contributed by atoms with E-state index in [4.69, 9.17) is 5.11 Å². The fourth-order valence-electron chi connectivity index (χ4n) is 0.795. The van der Waals surface area contributed by atoms with Gasteiger partial charge in [-0.25, -0.2) is 4.98 Å². The summed E-state index contributed by atoms with van der Waals surface area (Å²) in [6.07, 6.45) is 1.44. The Balaban J connectivity index is 2.63. The number of aromatic nitrogens is 2. The highest BCUT2D eigenvalue weighted by molar-refractivity contribution is 8.02. The van der Waals surface area contributed by atoms with Gasteiger partial charge in [0.05, 0.1) is 0 Å². The van der Waals surface area contributed by atoms with Gasteiger partial charge in [0.15, 0.2) is 4.34 Å². The molecule has 0 aliphatic rings. The molecular formula is C7H10N2O2S2. The summed E-state index contributed by atoms with van der Waals surface area (Å²) in [6.45, 7) is 3.76. The average Bonchev–Trinajstić information content (AvgIpc) is 2.50. The Morgan fingerprint density at radius 2 is 2.38 bits per heavy atom. The zero-order valence-electron chi connectivity index (χ0n) is 7.30. The highest BCUT2D eigenvalue weighted by atomic mass is 32.2. The molecular weight excluding hydrogens is 208 g/mol. The molecule has 0 aromatic carbocycles. The lowest BCUT2D eigenvalue weighted by Crippen LogP contribution is -2.22. The van der Waals surface area contributed by atoms with E-state index < -0.39 is 11.2 Å². The second kappa shape index (κ2) is 4.57. The van der Waals surface area contributed by atoms with Gasteiger partial charge in [-0.05, 0) is 17.5 Å². The lowest BCUT2D eigenvalue weighted by molar-refractivity contribution is -0.137. The monoisotopic (exact) mass is 218 g/mol. The van der Waals surface area contributed by atoms with Gasteiger partial charge in [-0.15, -0.1) is 0 Å². The standard InChI is InChI=1S/C7H10N2O2S2/c1-4(2)5(6(10)11)12-7-8-3-9-13-7/h3-5H,1-2H3,(H,10,11). The van der Waals surface area contributed by atoms with Gasteiger partial charge in [0.1, 0.15) is 11.6 Å². The highest BCUT2D eigenvalue weighted by Gasteiger charge is 2.23. The van der Waals surface area contributed by atoms with E-state index in [1.54, 1.807) is 0 Å². The summed E-state index contributed by atoms with van der Waals surface area (Å²) >= 11 is 2.48. The molecule has 13 heavy (non-hydrogen) atoms. The first-order chi connectivity index (χ1) is 6.11. The van der Waals surface area contributed by atoms with E-state index >= 15 is 0 Å². The first-order valence-electron chi connectivity index (χ1n) is 3.77. The number of carbonyl (C=O) groups is 1. The maximum Gasteiger partial charge on any atom is 0.317 e. The summed E-state index contributed by atoms with van der Waals surface area (Å²) in [5.41, 5.74) is 0. The largest absolute Gasteiger partial charge is 0.480 e. The summed E-state index contributed by atoms with van der Waals surface area (Å²) in [5.74, 6) is -0.707. The Bertz CT molecular complexity index is 274. The molecule has 1 unspecified atom stereocenters. The van der Waals surface area contributed by atoms with Gasteiger partial charge in [-0.3, -0.25) is 4.79 Å². The molecule has 72 valence electrons. The Morgan fingerprint density at radius 3 is 2.77 bits per heavy atom. The van der Waals surface area contributed by atoms with Crippen molar-refractivity contribution in [2.75, 3.05) is 0 Å². The molecule has 0 fully saturated rings. The molecule has 6 heteroatoms. The summed E-state index contributed by atoms with van der Waals surface area (Å²) < 4.78 is 4.52. The van der Waals surface area contributed by atoms with Crippen LogP contribution in [0, 0.1) is 5.92 Å². The number of rotatable bonds is 4. The molecule has 0 aliphatic carbocycles. The molecule has 0 bridgehead atoms. The normalized spacial score (nSPS) is 13.2. The quantitative estimate of drug-likeness (QED) is 0.780. The Morgan fingerprint density at radius 1 is 1.69 bits per heavy atom. The lowest BCUT2D eigenvalue weighted by Gasteiger charge is -2.12. The van der Waals surface area contributed by atoms with Gasteiger partial charge < -0.3 is 5.11 Å². The summed E-state index contributed by atoms with van der Waals surface area (Å²) in [4.78, 5) is 14.7. The average molecular weight is 218 g/mol. The van der Waals surface area contributed by atoms with Crippen molar-refractivity contribution in [3.05, 3.63) is 6.33 Å². The molecule has 1 atom stereocenters. The van der Waals surface area contributed by atoms with Gasteiger partial charge >= 0.3 is 5.97 Å². The van der Waals surface area contributed by atoms with Gasteiger partial charge in [-0.2, -0.15) is 4.37 Å². The maximum atomic E-state index is 10.8. The van der Waals surface area contributed by atoms with Gasteiger partial charge in [-0.1, -0.05) is 25.6 Å². The third-order valence-electron chi connectivity index (χ3n) is 1.42. The molecule has 0 aliphatic heterocycles. The molecule has 1 heterocycles. The van der Waals surface area contributed by atoms with E-state index in [2.05, 4.69) is 9.36 Å². The zero-order valence-corrected chi connectivity index (χ0v) is 8.93. The maximum absolute atomic E-state index is 10.8. The number of hydrogen-bond acceptors (Lipinski definition) is 5. The van der Waals surface area contributed by atoms with Crippen LogP contribution in [-0.4, -0.2) is 25.7 Å². The zero-order chi connectivity index (χ0) is 9.84. The number of hydrogen-bond donors (Lipinski definition) is 1. The minimum absolute atomic E-state index is 0.0893. The van der Waals surface area contributed by atoms with E-state index in [9.17, 15) is 4.79 Å². The predicted octanol–water partition coefficient (Wildman–Crippen LogP) is 1.74. The van der Waals surface area contributed by atoms with E-state index in [0.29, 0.717) is 4.34 Å². The van der Waals surface area contributed by atoms with Crippen molar-refractivity contribution in [1.82, 2.24) is 9.36 Å². The van der Waals surface area contributed by atoms with Crippen LogP contribution in [-0.2, 0) is 4.79 Å². The third kappa shape index (κ3) is 2.96. The fourth-order valence-corrected chi connectivity index (χ4v) is 2.38. The van der Waals surface area contributed by atoms with Crippen LogP contribution in [0.2, 0.25) is 0 Å².